The third kappa shape index (κ3) is 11.7. The van der Waals surface area contributed by atoms with Gasteiger partial charge in [-0.1, -0.05) is 297 Å². The normalized spacial score (nSPS) is 11.5. The zero-order chi connectivity index (χ0) is 68.9. The first-order chi connectivity index (χ1) is 51.5. The Morgan fingerprint density at radius 2 is 0.298 bits per heavy atom. The van der Waals surface area contributed by atoms with Gasteiger partial charge in [0, 0.05) is 32.9 Å². The number of rotatable bonds is 14. The molecule has 0 spiro atoms. The van der Waals surface area contributed by atoms with E-state index in [1.807, 2.05) is 0 Å². The van der Waals surface area contributed by atoms with E-state index in [2.05, 4.69) is 422 Å². The number of para-hydroxylation sites is 2. The van der Waals surface area contributed by atoms with Crippen molar-refractivity contribution in [2.75, 3.05) is 0 Å². The van der Waals surface area contributed by atoms with E-state index < -0.39 is 0 Å². The minimum Gasteiger partial charge on any atom is -0.309 e. The van der Waals surface area contributed by atoms with Crippen molar-refractivity contribution in [3.63, 3.8) is 0 Å². The van der Waals surface area contributed by atoms with Crippen molar-refractivity contribution in [1.82, 2.24) is 9.13 Å². The van der Waals surface area contributed by atoms with Crippen molar-refractivity contribution in [3.8, 4) is 145 Å². The molecule has 0 radical (unpaired) electrons. The Bertz CT molecular complexity index is 6450. The Balaban J connectivity index is 0.609. The quantitative estimate of drug-likeness (QED) is 0.103. The van der Waals surface area contributed by atoms with Crippen LogP contribution in [0.15, 0.2) is 413 Å². The van der Waals surface area contributed by atoms with Gasteiger partial charge in [-0.25, -0.2) is 0 Å². The van der Waals surface area contributed by atoms with Crippen LogP contribution >= 0.6 is 0 Å². The Morgan fingerprint density at radius 3 is 0.625 bits per heavy atom. The molecule has 2 aromatic heterocycles. The molecule has 486 valence electrons. The summed E-state index contributed by atoms with van der Waals surface area (Å²) < 4.78 is 4.87. The van der Waals surface area contributed by atoms with E-state index in [1.165, 1.54) is 155 Å². The van der Waals surface area contributed by atoms with Crippen molar-refractivity contribution in [2.45, 2.75) is 0 Å². The second kappa shape index (κ2) is 26.5. The molecule has 0 amide bonds. The predicted molar refractivity (Wildman–Crippen MR) is 440 cm³/mol. The summed E-state index contributed by atoms with van der Waals surface area (Å²) >= 11 is 0. The minimum atomic E-state index is 1.12. The summed E-state index contributed by atoms with van der Waals surface area (Å²) in [5, 5.41) is 4.90. The van der Waals surface area contributed by atoms with Crippen LogP contribution in [-0.4, -0.2) is 9.13 Å². The monoisotopic (exact) mass is 1320 g/mol. The van der Waals surface area contributed by atoms with Gasteiger partial charge in [0.1, 0.15) is 0 Å². The van der Waals surface area contributed by atoms with Gasteiger partial charge < -0.3 is 9.13 Å². The van der Waals surface area contributed by atoms with Gasteiger partial charge in [-0.05, 0) is 249 Å². The fourth-order valence-corrected chi connectivity index (χ4v) is 15.7. The Morgan fingerprint density at radius 1 is 0.106 bits per heavy atom. The average Bonchev–Trinajstić information content (AvgIpc) is 1.59. The summed E-state index contributed by atoms with van der Waals surface area (Å²) in [7, 11) is 0. The van der Waals surface area contributed by atoms with Gasteiger partial charge >= 0.3 is 0 Å². The van der Waals surface area contributed by atoms with Crippen molar-refractivity contribution in [3.05, 3.63) is 413 Å². The molecule has 0 N–H and O–H groups in total. The number of hydrogen-bond donors (Lipinski definition) is 0. The molecule has 0 atom stereocenters. The maximum absolute atomic E-state index is 2.44. The maximum Gasteiger partial charge on any atom is 0.0541 e. The molecule has 0 unspecified atom stereocenters. The van der Waals surface area contributed by atoms with Gasteiger partial charge in [-0.2, -0.15) is 0 Å². The van der Waals surface area contributed by atoms with E-state index in [0.717, 1.165) is 33.6 Å². The molecular weight excluding hydrogens is 1250 g/mol. The predicted octanol–water partition coefficient (Wildman–Crippen LogP) is 27.9. The van der Waals surface area contributed by atoms with Crippen LogP contribution in [-0.2, 0) is 0 Å². The third-order valence-corrected chi connectivity index (χ3v) is 20.9. The molecule has 17 aromatic carbocycles. The lowest BCUT2D eigenvalue weighted by atomic mass is 9.91. The van der Waals surface area contributed by atoms with Gasteiger partial charge in [0.05, 0.1) is 22.1 Å². The van der Waals surface area contributed by atoms with Crippen LogP contribution in [0.1, 0.15) is 0 Å². The zero-order valence-corrected chi connectivity index (χ0v) is 57.2. The van der Waals surface area contributed by atoms with E-state index in [4.69, 9.17) is 0 Å². The Kier molecular flexibility index (Phi) is 15.6. The lowest BCUT2D eigenvalue weighted by Gasteiger charge is -2.14. The SMILES string of the molecule is c1ccc(-c2cccc(-c3cccc(-c4cccc(-c5ccc(-c6cccc(-c7cc(-c8ccccc8)cc(-c8cccc(-c9cccc(-n%10c%11ccccc%11c%11cc(-c%12ccc%13c(c%12)c%12ccccc%12n%13-c%12cccc(-c%13cccc(-c%14ccccc%14)c%13)c%12)ccc%11%10)c9)c8)c7)c6)cc5)c4)c3)c2)cc1. The topological polar surface area (TPSA) is 9.86 Å². The number of nitrogens with zero attached hydrogens (tertiary/aromatic N) is 2. The van der Waals surface area contributed by atoms with Gasteiger partial charge in [0.15, 0.2) is 0 Å². The van der Waals surface area contributed by atoms with Crippen LogP contribution in [0.2, 0.25) is 0 Å². The highest BCUT2D eigenvalue weighted by Gasteiger charge is 2.19. The molecule has 0 saturated carbocycles. The van der Waals surface area contributed by atoms with Crippen molar-refractivity contribution in [2.24, 2.45) is 0 Å². The number of aromatic nitrogens is 2. The minimum absolute atomic E-state index is 1.12. The maximum atomic E-state index is 2.44. The molecule has 2 nitrogen and oxygen atoms in total. The lowest BCUT2D eigenvalue weighted by Crippen LogP contribution is -1.95. The van der Waals surface area contributed by atoms with Crippen molar-refractivity contribution in [1.29, 1.82) is 0 Å². The molecule has 0 fully saturated rings. The largest absolute Gasteiger partial charge is 0.309 e. The van der Waals surface area contributed by atoms with Crippen LogP contribution in [0.4, 0.5) is 0 Å². The van der Waals surface area contributed by atoms with Crippen molar-refractivity contribution < 1.29 is 0 Å². The molecule has 19 aromatic rings. The molecule has 0 bridgehead atoms. The standard InChI is InChI=1S/C102H68N2/c1-4-22-69(23-5-1)74-28-14-32-78(56-74)80-34-18-35-81(60-80)79-33-16-30-76(58-79)72-48-50-73(51-49-72)77-31-17-38-84(59-77)91-62-90(71-26-8-3-9-27-71)63-92(64-91)85-39-19-37-83(61-85)87-41-21-43-94(66-87)104-100-47-13-11-45-96(100)98-68-89(53-55-102(98)104)88-52-54-101-97(67-88)95-44-10-12-46-99(95)103(101)93-42-20-40-86(65-93)82-36-15-29-75(57-82)70-24-6-2-7-25-70/h1-68H. The van der Waals surface area contributed by atoms with Crippen molar-refractivity contribution >= 4 is 43.6 Å². The summed E-state index contributed by atoms with van der Waals surface area (Å²) in [6, 6.07) is 152. The van der Waals surface area contributed by atoms with E-state index in [9.17, 15) is 0 Å². The first-order valence-electron chi connectivity index (χ1n) is 35.8. The third-order valence-electron chi connectivity index (χ3n) is 20.9. The van der Waals surface area contributed by atoms with Crippen LogP contribution in [0.3, 0.4) is 0 Å². The van der Waals surface area contributed by atoms with Gasteiger partial charge in [0.2, 0.25) is 0 Å². The summed E-state index contributed by atoms with van der Waals surface area (Å²) in [5.41, 5.74) is 35.4. The Labute approximate surface area is 606 Å². The number of hydrogen-bond acceptors (Lipinski definition) is 0. The molecule has 2 heteroatoms. The van der Waals surface area contributed by atoms with Gasteiger partial charge in [-0.3, -0.25) is 0 Å². The summed E-state index contributed by atoms with van der Waals surface area (Å²) in [5.74, 6) is 0. The molecule has 0 aliphatic rings. The fourth-order valence-electron chi connectivity index (χ4n) is 15.7. The highest BCUT2D eigenvalue weighted by Crippen LogP contribution is 2.43. The molecular formula is C102H68N2. The van der Waals surface area contributed by atoms with E-state index in [1.54, 1.807) is 0 Å². The van der Waals surface area contributed by atoms with Crippen LogP contribution in [0, 0.1) is 0 Å². The van der Waals surface area contributed by atoms with Crippen LogP contribution < -0.4 is 0 Å². The molecule has 104 heavy (non-hydrogen) atoms. The van der Waals surface area contributed by atoms with E-state index >= 15 is 0 Å². The summed E-state index contributed by atoms with van der Waals surface area (Å²) in [6.45, 7) is 0. The first-order valence-corrected chi connectivity index (χ1v) is 35.8. The molecule has 2 heterocycles. The highest BCUT2D eigenvalue weighted by atomic mass is 15.0. The summed E-state index contributed by atoms with van der Waals surface area (Å²) in [6.07, 6.45) is 0. The molecule has 0 aliphatic heterocycles. The average molecular weight is 1320 g/mol. The Hall–Kier alpha value is -13.7. The smallest absolute Gasteiger partial charge is 0.0541 e. The highest BCUT2D eigenvalue weighted by molar-refractivity contribution is 6.13. The van der Waals surface area contributed by atoms with Gasteiger partial charge in [-0.15, -0.1) is 0 Å². The van der Waals surface area contributed by atoms with E-state index in [0.29, 0.717) is 0 Å². The molecule has 0 aliphatic carbocycles. The molecule has 0 saturated heterocycles. The second-order valence-electron chi connectivity index (χ2n) is 27.2. The zero-order valence-electron chi connectivity index (χ0n) is 57.2. The first kappa shape index (κ1) is 61.4. The van der Waals surface area contributed by atoms with Gasteiger partial charge in [0.25, 0.3) is 0 Å². The van der Waals surface area contributed by atoms with E-state index in [-0.39, 0.29) is 0 Å². The second-order valence-corrected chi connectivity index (χ2v) is 27.2. The number of fused-ring (bicyclic) bond motifs is 6. The summed E-state index contributed by atoms with van der Waals surface area (Å²) in [4.78, 5) is 0. The number of benzene rings is 17. The fraction of sp³-hybridized carbons (Fsp3) is 0. The van der Waals surface area contributed by atoms with Crippen LogP contribution in [0.5, 0.6) is 0 Å². The molecule has 19 rings (SSSR count). The van der Waals surface area contributed by atoms with Crippen LogP contribution in [0.25, 0.3) is 189 Å². The lowest BCUT2D eigenvalue weighted by molar-refractivity contribution is 1.18.